The third-order valence-corrected chi connectivity index (χ3v) is 4.80. The van der Waals surface area contributed by atoms with Gasteiger partial charge < -0.3 is 19.7 Å². The average molecular weight is 409 g/mol. The maximum Gasteiger partial charge on any atom is 0.433 e. The van der Waals surface area contributed by atoms with E-state index in [0.717, 1.165) is 12.4 Å². The monoisotopic (exact) mass is 409 g/mol. The first-order chi connectivity index (χ1) is 13.8. The highest BCUT2D eigenvalue weighted by Crippen LogP contribution is 2.34. The Morgan fingerprint density at radius 1 is 1.24 bits per heavy atom. The predicted octanol–water partition coefficient (Wildman–Crippen LogP) is 1.98. The summed E-state index contributed by atoms with van der Waals surface area (Å²) in [6.07, 6.45) is -3.60. The Balaban J connectivity index is 1.28. The lowest BCUT2D eigenvalue weighted by Crippen LogP contribution is -2.59. The van der Waals surface area contributed by atoms with Gasteiger partial charge in [0, 0.05) is 37.0 Å². The maximum absolute atomic E-state index is 12.8. The minimum absolute atomic E-state index is 0.0294. The van der Waals surface area contributed by atoms with Crippen molar-refractivity contribution in [3.63, 3.8) is 0 Å². The molecule has 0 spiro atoms. The van der Waals surface area contributed by atoms with Crippen LogP contribution in [-0.4, -0.2) is 60.3 Å². The molecule has 154 valence electrons. The van der Waals surface area contributed by atoms with E-state index in [2.05, 4.69) is 15.3 Å². The minimum atomic E-state index is -4.51. The van der Waals surface area contributed by atoms with Gasteiger partial charge in [0.25, 0.3) is 0 Å². The summed E-state index contributed by atoms with van der Waals surface area (Å²) < 4.78 is 48.8. The number of aromatic nitrogens is 2. The van der Waals surface area contributed by atoms with Gasteiger partial charge in [0.05, 0.1) is 6.54 Å². The van der Waals surface area contributed by atoms with Crippen LogP contribution in [0.2, 0.25) is 0 Å². The van der Waals surface area contributed by atoms with Crippen LogP contribution in [0, 0.1) is 0 Å². The van der Waals surface area contributed by atoms with E-state index in [9.17, 15) is 18.0 Å². The molecule has 0 unspecified atom stereocenters. The third-order valence-electron chi connectivity index (χ3n) is 4.80. The van der Waals surface area contributed by atoms with Gasteiger partial charge in [-0.3, -0.25) is 9.69 Å². The molecule has 1 amide bonds. The zero-order chi connectivity index (χ0) is 20.6. The molecule has 29 heavy (non-hydrogen) atoms. The highest BCUT2D eigenvalue weighted by atomic mass is 19.4. The van der Waals surface area contributed by atoms with E-state index in [4.69, 9.17) is 9.47 Å². The number of nitrogens with one attached hydrogen (secondary N) is 1. The van der Waals surface area contributed by atoms with Gasteiger partial charge in [-0.05, 0) is 19.2 Å². The van der Waals surface area contributed by atoms with Crippen LogP contribution in [0.1, 0.15) is 5.69 Å². The van der Waals surface area contributed by atoms with Crippen molar-refractivity contribution in [2.45, 2.75) is 12.2 Å². The number of carbonyl (C=O) groups excluding carboxylic acids is 1. The van der Waals surface area contributed by atoms with Crippen molar-refractivity contribution in [3.05, 3.63) is 36.3 Å². The van der Waals surface area contributed by atoms with Crippen LogP contribution in [0.4, 0.5) is 24.7 Å². The number of rotatable bonds is 5. The lowest BCUT2D eigenvalue weighted by atomic mass is 10.1. The summed E-state index contributed by atoms with van der Waals surface area (Å²) in [4.78, 5) is 23.0. The summed E-state index contributed by atoms with van der Waals surface area (Å²) in [7, 11) is 1.79. The fourth-order valence-corrected chi connectivity index (χ4v) is 3.13. The first-order valence-corrected chi connectivity index (χ1v) is 8.83. The highest BCUT2D eigenvalue weighted by molar-refractivity contribution is 5.92. The van der Waals surface area contributed by atoms with Gasteiger partial charge in [-0.15, -0.1) is 0 Å². The molecule has 0 atom stereocenters. The first kappa shape index (κ1) is 19.2. The normalized spacial score (nSPS) is 16.1. The van der Waals surface area contributed by atoms with E-state index in [1.165, 1.54) is 0 Å². The van der Waals surface area contributed by atoms with Crippen LogP contribution < -0.4 is 19.7 Å². The molecule has 1 aromatic carbocycles. The van der Waals surface area contributed by atoms with Gasteiger partial charge in [-0.2, -0.15) is 13.2 Å². The third kappa shape index (κ3) is 4.19. The van der Waals surface area contributed by atoms with Crippen molar-refractivity contribution in [3.8, 4) is 11.5 Å². The number of alkyl halides is 3. The Labute approximate surface area is 164 Å². The number of carbonyl (C=O) groups is 1. The number of nitrogens with zero attached hydrogens (tertiary/aromatic N) is 4. The number of benzene rings is 1. The lowest BCUT2D eigenvalue weighted by Gasteiger charge is -2.44. The smallest absolute Gasteiger partial charge is 0.433 e. The molecule has 0 bridgehead atoms. The number of hydrogen-bond donors (Lipinski definition) is 1. The van der Waals surface area contributed by atoms with Crippen molar-refractivity contribution < 1.29 is 27.4 Å². The van der Waals surface area contributed by atoms with E-state index < -0.39 is 11.9 Å². The predicted molar refractivity (Wildman–Crippen MR) is 96.9 cm³/mol. The zero-order valence-corrected chi connectivity index (χ0v) is 15.4. The van der Waals surface area contributed by atoms with Crippen molar-refractivity contribution >= 4 is 17.4 Å². The van der Waals surface area contributed by atoms with Gasteiger partial charge >= 0.3 is 6.18 Å². The first-order valence-electron chi connectivity index (χ1n) is 8.83. The van der Waals surface area contributed by atoms with E-state index in [1.54, 1.807) is 30.1 Å². The molecular weight excluding hydrogens is 391 g/mol. The topological polar surface area (TPSA) is 79.8 Å². The molecule has 1 N–H and O–H groups in total. The van der Waals surface area contributed by atoms with Gasteiger partial charge in [0.2, 0.25) is 12.7 Å². The van der Waals surface area contributed by atoms with Crippen LogP contribution in [-0.2, 0) is 11.0 Å². The van der Waals surface area contributed by atoms with E-state index in [-0.39, 0.29) is 31.1 Å². The van der Waals surface area contributed by atoms with Crippen LogP contribution in [0.5, 0.6) is 11.5 Å². The Morgan fingerprint density at radius 2 is 2.00 bits per heavy atom. The van der Waals surface area contributed by atoms with Crippen LogP contribution in [0.15, 0.2) is 30.6 Å². The highest BCUT2D eigenvalue weighted by Gasteiger charge is 2.36. The van der Waals surface area contributed by atoms with Gasteiger partial charge in [0.1, 0.15) is 17.8 Å². The van der Waals surface area contributed by atoms with Crippen molar-refractivity contribution in [1.29, 1.82) is 0 Å². The van der Waals surface area contributed by atoms with E-state index in [1.807, 2.05) is 4.90 Å². The Morgan fingerprint density at radius 3 is 2.76 bits per heavy atom. The molecule has 1 saturated heterocycles. The molecule has 4 rings (SSSR count). The summed E-state index contributed by atoms with van der Waals surface area (Å²) in [5.74, 6) is 1.23. The second kappa shape index (κ2) is 7.39. The van der Waals surface area contributed by atoms with Crippen LogP contribution >= 0.6 is 0 Å². The lowest BCUT2D eigenvalue weighted by molar-refractivity contribution is -0.141. The molecule has 0 aliphatic carbocycles. The average Bonchev–Trinajstić information content (AvgIpc) is 3.07. The fraction of sp³-hybridized carbons (Fsp3) is 0.389. The Bertz CT molecular complexity index is 918. The van der Waals surface area contributed by atoms with Crippen LogP contribution in [0.3, 0.4) is 0 Å². The van der Waals surface area contributed by atoms with Crippen molar-refractivity contribution in [1.82, 2.24) is 14.9 Å². The number of anilines is 2. The molecule has 8 nitrogen and oxygen atoms in total. The van der Waals surface area contributed by atoms with E-state index in [0.29, 0.717) is 30.3 Å². The SMILES string of the molecule is CN(CC(=O)Nc1ccc2c(c1)OCO2)C1CN(c2cc(C(F)(F)F)ncn2)C1. The summed E-state index contributed by atoms with van der Waals surface area (Å²) in [5.41, 5.74) is -0.369. The van der Waals surface area contributed by atoms with Gasteiger partial charge in [0.15, 0.2) is 11.5 Å². The Kier molecular flexibility index (Phi) is 4.91. The maximum atomic E-state index is 12.8. The molecular formula is C18H18F3N5O3. The molecule has 1 aromatic heterocycles. The fourth-order valence-electron chi connectivity index (χ4n) is 3.13. The van der Waals surface area contributed by atoms with Crippen molar-refractivity contribution in [2.75, 3.05) is 43.7 Å². The van der Waals surface area contributed by atoms with Crippen molar-refractivity contribution in [2.24, 2.45) is 0 Å². The number of likely N-dealkylation sites (N-methyl/N-ethyl adjacent to an activating group) is 1. The number of ether oxygens (including phenoxy) is 2. The number of halogens is 3. The number of fused-ring (bicyclic) bond motifs is 1. The minimum Gasteiger partial charge on any atom is -0.454 e. The number of amides is 1. The molecule has 0 radical (unpaired) electrons. The summed E-state index contributed by atoms with van der Waals surface area (Å²) >= 11 is 0. The quantitative estimate of drug-likeness (QED) is 0.809. The molecule has 2 aromatic rings. The molecule has 2 aliphatic rings. The standard InChI is InChI=1S/C18H18F3N5O3/c1-25(8-17(27)24-11-2-3-13-14(4-11)29-10-28-13)12-6-26(7-12)16-5-15(18(19,20)21)22-9-23-16/h2-5,9,12H,6-8,10H2,1H3,(H,24,27). The molecule has 1 fully saturated rings. The zero-order valence-electron chi connectivity index (χ0n) is 15.4. The second-order valence-corrected chi connectivity index (χ2v) is 6.85. The Hall–Kier alpha value is -3.08. The number of hydrogen-bond acceptors (Lipinski definition) is 7. The summed E-state index contributed by atoms with van der Waals surface area (Å²) in [6.45, 7) is 1.25. The summed E-state index contributed by atoms with van der Waals surface area (Å²) in [5, 5.41) is 2.80. The molecule has 3 heterocycles. The molecule has 11 heteroatoms. The second-order valence-electron chi connectivity index (χ2n) is 6.85. The summed E-state index contributed by atoms with van der Waals surface area (Å²) in [6, 6.07) is 6.11. The van der Waals surface area contributed by atoms with Crippen LogP contribution in [0.25, 0.3) is 0 Å². The largest absolute Gasteiger partial charge is 0.454 e. The molecule has 2 aliphatic heterocycles. The molecule has 0 saturated carbocycles. The van der Waals surface area contributed by atoms with Gasteiger partial charge in [-0.1, -0.05) is 0 Å². The van der Waals surface area contributed by atoms with Gasteiger partial charge in [-0.25, -0.2) is 9.97 Å². The van der Waals surface area contributed by atoms with E-state index >= 15 is 0 Å².